The monoisotopic (exact) mass is 391 g/mol. The Bertz CT molecular complexity index is 836. The molecule has 5 nitrogen and oxygen atoms in total. The maximum absolute atomic E-state index is 13.1. The maximum atomic E-state index is 13.1. The first-order valence-electron chi connectivity index (χ1n) is 8.26. The lowest BCUT2D eigenvalue weighted by Crippen LogP contribution is -2.29. The number of amides is 1. The molecule has 0 bridgehead atoms. The van der Waals surface area contributed by atoms with Crippen LogP contribution in [0, 0.1) is 5.82 Å². The van der Waals surface area contributed by atoms with E-state index in [-0.39, 0.29) is 5.02 Å². The summed E-state index contributed by atoms with van der Waals surface area (Å²) in [5.74, 6) is -1.02. The minimum absolute atomic E-state index is 0.0476. The van der Waals surface area contributed by atoms with Crippen LogP contribution in [-0.4, -0.2) is 24.6 Å². The molecule has 2 aromatic carbocycles. The third kappa shape index (κ3) is 6.42. The molecular weight excluding hydrogens is 373 g/mol. The molecule has 2 rings (SSSR count). The average Bonchev–Trinajstić information content (AvgIpc) is 2.64. The Morgan fingerprint density at radius 3 is 2.56 bits per heavy atom. The summed E-state index contributed by atoms with van der Waals surface area (Å²) < 4.78 is 23.5. The molecule has 27 heavy (non-hydrogen) atoms. The molecule has 0 saturated heterocycles. The fraction of sp³-hybridized carbons (Fsp3) is 0.200. The van der Waals surface area contributed by atoms with E-state index in [1.54, 1.807) is 24.3 Å². The van der Waals surface area contributed by atoms with Gasteiger partial charge in [-0.3, -0.25) is 4.79 Å². The van der Waals surface area contributed by atoms with E-state index in [1.165, 1.54) is 31.2 Å². The third-order valence-electron chi connectivity index (χ3n) is 3.45. The molecule has 1 N–H and O–H groups in total. The number of benzene rings is 2. The molecule has 0 saturated carbocycles. The van der Waals surface area contributed by atoms with Crippen LogP contribution in [0.5, 0.6) is 5.75 Å². The molecule has 1 amide bonds. The van der Waals surface area contributed by atoms with Gasteiger partial charge >= 0.3 is 5.97 Å². The normalized spacial score (nSPS) is 11.9. The highest BCUT2D eigenvalue weighted by molar-refractivity contribution is 6.30. The second-order valence-electron chi connectivity index (χ2n) is 5.53. The maximum Gasteiger partial charge on any atom is 0.331 e. The predicted molar refractivity (Wildman–Crippen MR) is 102 cm³/mol. The molecular formula is C20H19ClFNO4. The van der Waals surface area contributed by atoms with Gasteiger partial charge in [-0.1, -0.05) is 17.7 Å². The predicted octanol–water partition coefficient (Wildman–Crippen LogP) is 4.46. The van der Waals surface area contributed by atoms with Crippen molar-refractivity contribution in [3.8, 4) is 5.75 Å². The van der Waals surface area contributed by atoms with Crippen LogP contribution in [0.1, 0.15) is 19.4 Å². The Morgan fingerprint density at radius 2 is 1.93 bits per heavy atom. The van der Waals surface area contributed by atoms with Gasteiger partial charge in [0.2, 0.25) is 0 Å². The van der Waals surface area contributed by atoms with Crippen LogP contribution in [0.4, 0.5) is 10.1 Å². The van der Waals surface area contributed by atoms with Crippen LogP contribution in [-0.2, 0) is 14.3 Å². The van der Waals surface area contributed by atoms with E-state index in [9.17, 15) is 14.0 Å². The summed E-state index contributed by atoms with van der Waals surface area (Å²) in [6.45, 7) is 3.89. The number of hydrogen-bond donors (Lipinski definition) is 1. The summed E-state index contributed by atoms with van der Waals surface area (Å²) in [5.41, 5.74) is 1.09. The van der Waals surface area contributed by atoms with Crippen molar-refractivity contribution < 1.29 is 23.5 Å². The lowest BCUT2D eigenvalue weighted by atomic mass is 10.2. The first-order chi connectivity index (χ1) is 12.9. The molecule has 0 radical (unpaired) electrons. The van der Waals surface area contributed by atoms with Gasteiger partial charge in [-0.05, 0) is 61.9 Å². The Balaban J connectivity index is 1.88. The summed E-state index contributed by atoms with van der Waals surface area (Å²) in [7, 11) is 0. The van der Waals surface area contributed by atoms with Gasteiger partial charge in [0.05, 0.1) is 11.6 Å². The summed E-state index contributed by atoms with van der Waals surface area (Å²) in [5, 5.41) is 2.60. The van der Waals surface area contributed by atoms with Crippen LogP contribution >= 0.6 is 11.6 Å². The zero-order valence-corrected chi connectivity index (χ0v) is 15.6. The van der Waals surface area contributed by atoms with Crippen LogP contribution in [0.2, 0.25) is 5.02 Å². The number of anilines is 1. The minimum Gasteiger partial charge on any atom is -0.494 e. The number of halogens is 2. The molecule has 1 atom stereocenters. The number of nitrogens with one attached hydrogen (secondary N) is 1. The Kier molecular flexibility index (Phi) is 7.37. The van der Waals surface area contributed by atoms with E-state index in [1.807, 2.05) is 6.92 Å². The number of esters is 1. The quantitative estimate of drug-likeness (QED) is 0.559. The van der Waals surface area contributed by atoms with Gasteiger partial charge in [0.1, 0.15) is 11.6 Å². The van der Waals surface area contributed by atoms with Gasteiger partial charge in [0, 0.05) is 11.8 Å². The largest absolute Gasteiger partial charge is 0.494 e. The van der Waals surface area contributed by atoms with Crippen molar-refractivity contribution in [1.82, 2.24) is 0 Å². The second-order valence-corrected chi connectivity index (χ2v) is 5.94. The number of ether oxygens (including phenoxy) is 2. The van der Waals surface area contributed by atoms with Gasteiger partial charge in [0.25, 0.3) is 5.91 Å². The van der Waals surface area contributed by atoms with Crippen LogP contribution in [0.3, 0.4) is 0 Å². The molecule has 0 fully saturated rings. The highest BCUT2D eigenvalue weighted by atomic mass is 35.5. The standard InChI is InChI=1S/C20H19ClFNO4/c1-3-26-16-8-6-15(7-9-16)23-20(25)13(2)27-19(24)11-5-14-4-10-18(22)17(21)12-14/h4-13H,3H2,1-2H3,(H,23,25)/b11-5+/t13-/m0/s1. The van der Waals surface area contributed by atoms with Crippen LogP contribution < -0.4 is 10.1 Å². The summed E-state index contributed by atoms with van der Waals surface area (Å²) in [4.78, 5) is 24.0. The number of carbonyl (C=O) groups excluding carboxylic acids is 2. The second kappa shape index (κ2) is 9.73. The van der Waals surface area contributed by atoms with E-state index in [4.69, 9.17) is 21.1 Å². The van der Waals surface area contributed by atoms with Crippen LogP contribution in [0.25, 0.3) is 6.08 Å². The molecule has 0 aliphatic heterocycles. The van der Waals surface area contributed by atoms with Gasteiger partial charge < -0.3 is 14.8 Å². The van der Waals surface area contributed by atoms with E-state index < -0.39 is 23.8 Å². The number of carbonyl (C=O) groups is 2. The zero-order chi connectivity index (χ0) is 19.8. The van der Waals surface area contributed by atoms with Gasteiger partial charge in [-0.2, -0.15) is 0 Å². The molecule has 142 valence electrons. The average molecular weight is 392 g/mol. The number of hydrogen-bond acceptors (Lipinski definition) is 4. The highest BCUT2D eigenvalue weighted by Gasteiger charge is 2.16. The molecule has 0 unspecified atom stereocenters. The molecule has 7 heteroatoms. The SMILES string of the molecule is CCOc1ccc(NC(=O)[C@H](C)OC(=O)/C=C/c2ccc(F)c(Cl)c2)cc1. The Hall–Kier alpha value is -2.86. The van der Waals surface area contributed by atoms with Crippen molar-refractivity contribution in [2.24, 2.45) is 0 Å². The first-order valence-corrected chi connectivity index (χ1v) is 8.64. The van der Waals surface area contributed by atoms with Crippen molar-refractivity contribution >= 4 is 35.2 Å². The topological polar surface area (TPSA) is 64.6 Å². The zero-order valence-electron chi connectivity index (χ0n) is 14.9. The van der Waals surface area contributed by atoms with Crippen molar-refractivity contribution in [3.05, 3.63) is 64.9 Å². The van der Waals surface area contributed by atoms with Gasteiger partial charge in [-0.15, -0.1) is 0 Å². The highest BCUT2D eigenvalue weighted by Crippen LogP contribution is 2.17. The first kappa shape index (κ1) is 20.5. The van der Waals surface area contributed by atoms with Crippen molar-refractivity contribution in [2.75, 3.05) is 11.9 Å². The Labute approximate surface area is 161 Å². The van der Waals surface area contributed by atoms with E-state index in [0.29, 0.717) is 23.6 Å². The lowest BCUT2D eigenvalue weighted by molar-refractivity contribution is -0.148. The van der Waals surface area contributed by atoms with Crippen molar-refractivity contribution in [2.45, 2.75) is 20.0 Å². The van der Waals surface area contributed by atoms with E-state index in [0.717, 1.165) is 6.08 Å². The molecule has 0 aliphatic rings. The summed E-state index contributed by atoms with van der Waals surface area (Å²) >= 11 is 5.67. The fourth-order valence-corrected chi connectivity index (χ4v) is 2.28. The van der Waals surface area contributed by atoms with Gasteiger partial charge in [0.15, 0.2) is 6.10 Å². The Morgan fingerprint density at radius 1 is 1.22 bits per heavy atom. The van der Waals surface area contributed by atoms with Crippen molar-refractivity contribution in [1.29, 1.82) is 0 Å². The van der Waals surface area contributed by atoms with Crippen LogP contribution in [0.15, 0.2) is 48.5 Å². The number of rotatable bonds is 7. The molecule has 0 spiro atoms. The van der Waals surface area contributed by atoms with Gasteiger partial charge in [-0.25, -0.2) is 9.18 Å². The van der Waals surface area contributed by atoms with E-state index >= 15 is 0 Å². The van der Waals surface area contributed by atoms with E-state index in [2.05, 4.69) is 5.32 Å². The third-order valence-corrected chi connectivity index (χ3v) is 3.74. The van der Waals surface area contributed by atoms with Crippen molar-refractivity contribution in [3.63, 3.8) is 0 Å². The smallest absolute Gasteiger partial charge is 0.331 e. The lowest BCUT2D eigenvalue weighted by Gasteiger charge is -2.12. The molecule has 0 aliphatic carbocycles. The fourth-order valence-electron chi connectivity index (χ4n) is 2.09. The summed E-state index contributed by atoms with van der Waals surface area (Å²) in [6.07, 6.45) is 1.57. The molecule has 0 aromatic heterocycles. The molecule has 2 aromatic rings. The minimum atomic E-state index is -0.995. The summed E-state index contributed by atoms with van der Waals surface area (Å²) in [6, 6.07) is 10.9. The molecule has 0 heterocycles.